The van der Waals surface area contributed by atoms with E-state index in [1.807, 2.05) is 12.1 Å². The second-order valence-corrected chi connectivity index (χ2v) is 6.14. The minimum absolute atomic E-state index is 0.0544. The molecule has 3 nitrogen and oxygen atoms in total. The van der Waals surface area contributed by atoms with Crippen LogP contribution < -0.4 is 5.73 Å². The Balaban J connectivity index is 3.01. The molecule has 0 heterocycles. The van der Waals surface area contributed by atoms with Gasteiger partial charge in [0.15, 0.2) is 0 Å². The lowest BCUT2D eigenvalue weighted by Crippen LogP contribution is -2.38. The van der Waals surface area contributed by atoms with E-state index in [0.717, 1.165) is 18.7 Å². The van der Waals surface area contributed by atoms with Crippen molar-refractivity contribution in [3.8, 4) is 0 Å². The van der Waals surface area contributed by atoms with E-state index < -0.39 is 0 Å². The van der Waals surface area contributed by atoms with E-state index in [0.29, 0.717) is 29.1 Å². The molecule has 5 heteroatoms. The second-order valence-electron chi connectivity index (χ2n) is 5.30. The van der Waals surface area contributed by atoms with E-state index >= 15 is 0 Å². The van der Waals surface area contributed by atoms with Crippen LogP contribution in [0.2, 0.25) is 10.0 Å². The largest absolute Gasteiger partial charge is 0.383 e. The molecule has 114 valence electrons. The highest BCUT2D eigenvalue weighted by Crippen LogP contribution is 2.30. The highest BCUT2D eigenvalue weighted by atomic mass is 35.5. The third-order valence-electron chi connectivity index (χ3n) is 3.16. The number of halogens is 2. The van der Waals surface area contributed by atoms with Gasteiger partial charge in [-0.15, -0.1) is 0 Å². The molecule has 1 aromatic carbocycles. The average Bonchev–Trinajstić information content (AvgIpc) is 2.40. The standard InChI is InChI=1S/C15H24Cl2N2O/c1-11(2)10-19(6-7-20-3)15(9-18)13-8-12(16)4-5-14(13)17/h4-5,8,11,15H,6-7,9-10,18H2,1-3H3. The Morgan fingerprint density at radius 2 is 2.00 bits per heavy atom. The van der Waals surface area contributed by atoms with Crippen molar-refractivity contribution < 1.29 is 4.74 Å². The minimum atomic E-state index is 0.0544. The van der Waals surface area contributed by atoms with Crippen LogP contribution in [0.4, 0.5) is 0 Å². The van der Waals surface area contributed by atoms with Gasteiger partial charge in [-0.05, 0) is 29.7 Å². The van der Waals surface area contributed by atoms with Crippen molar-refractivity contribution in [2.75, 3.05) is 33.4 Å². The maximum absolute atomic E-state index is 6.31. The number of hydrogen-bond donors (Lipinski definition) is 1. The second kappa shape index (κ2) is 8.85. The SMILES string of the molecule is COCCN(CC(C)C)C(CN)c1cc(Cl)ccc1Cl. The number of nitrogens with zero attached hydrogens (tertiary/aromatic N) is 1. The monoisotopic (exact) mass is 318 g/mol. The fourth-order valence-electron chi connectivity index (χ4n) is 2.29. The van der Waals surface area contributed by atoms with E-state index in [9.17, 15) is 0 Å². The van der Waals surface area contributed by atoms with Crippen molar-refractivity contribution in [3.05, 3.63) is 33.8 Å². The normalized spacial score (nSPS) is 13.2. The van der Waals surface area contributed by atoms with Gasteiger partial charge in [0, 0.05) is 42.8 Å². The van der Waals surface area contributed by atoms with Crippen LogP contribution in [0.25, 0.3) is 0 Å². The molecular weight excluding hydrogens is 295 g/mol. The third-order valence-corrected chi connectivity index (χ3v) is 3.74. The molecule has 2 N–H and O–H groups in total. The zero-order valence-corrected chi connectivity index (χ0v) is 13.9. The van der Waals surface area contributed by atoms with Crippen molar-refractivity contribution in [2.24, 2.45) is 11.7 Å². The van der Waals surface area contributed by atoms with Gasteiger partial charge in [-0.1, -0.05) is 37.0 Å². The summed E-state index contributed by atoms with van der Waals surface area (Å²) >= 11 is 12.4. The van der Waals surface area contributed by atoms with E-state index in [4.69, 9.17) is 33.7 Å². The summed E-state index contributed by atoms with van der Waals surface area (Å²) in [6.07, 6.45) is 0. The first-order valence-corrected chi connectivity index (χ1v) is 7.63. The summed E-state index contributed by atoms with van der Waals surface area (Å²) in [7, 11) is 1.71. The molecule has 0 aliphatic carbocycles. The lowest BCUT2D eigenvalue weighted by atomic mass is 10.0. The molecule has 0 aliphatic heterocycles. The molecule has 1 atom stereocenters. The fourth-order valence-corrected chi connectivity index (χ4v) is 2.72. The predicted molar refractivity (Wildman–Crippen MR) is 86.5 cm³/mol. The molecule has 0 saturated heterocycles. The Morgan fingerprint density at radius 3 is 2.55 bits per heavy atom. The summed E-state index contributed by atoms with van der Waals surface area (Å²) in [5.41, 5.74) is 6.97. The summed E-state index contributed by atoms with van der Waals surface area (Å²) in [6, 6.07) is 5.58. The molecule has 20 heavy (non-hydrogen) atoms. The first-order valence-electron chi connectivity index (χ1n) is 6.87. The van der Waals surface area contributed by atoms with Gasteiger partial charge in [0.05, 0.1) is 6.61 Å². The first-order chi connectivity index (χ1) is 9.49. The lowest BCUT2D eigenvalue weighted by molar-refractivity contribution is 0.112. The van der Waals surface area contributed by atoms with Crippen LogP contribution in [0.15, 0.2) is 18.2 Å². The van der Waals surface area contributed by atoms with Crippen molar-refractivity contribution in [3.63, 3.8) is 0 Å². The third kappa shape index (κ3) is 5.23. The van der Waals surface area contributed by atoms with Crippen LogP contribution in [0, 0.1) is 5.92 Å². The van der Waals surface area contributed by atoms with Crippen LogP contribution in [0.3, 0.4) is 0 Å². The van der Waals surface area contributed by atoms with Gasteiger partial charge in [0.25, 0.3) is 0 Å². The molecule has 0 aromatic heterocycles. The highest BCUT2D eigenvalue weighted by Gasteiger charge is 2.22. The lowest BCUT2D eigenvalue weighted by Gasteiger charge is -2.33. The summed E-state index contributed by atoms with van der Waals surface area (Å²) < 4.78 is 5.20. The average molecular weight is 319 g/mol. The fraction of sp³-hybridized carbons (Fsp3) is 0.600. The summed E-state index contributed by atoms with van der Waals surface area (Å²) in [4.78, 5) is 2.31. The zero-order valence-electron chi connectivity index (χ0n) is 12.4. The van der Waals surface area contributed by atoms with E-state index in [-0.39, 0.29) is 6.04 Å². The van der Waals surface area contributed by atoms with Crippen molar-refractivity contribution in [1.82, 2.24) is 4.90 Å². The molecule has 1 unspecified atom stereocenters. The van der Waals surface area contributed by atoms with E-state index in [1.54, 1.807) is 13.2 Å². The van der Waals surface area contributed by atoms with Crippen molar-refractivity contribution >= 4 is 23.2 Å². The van der Waals surface area contributed by atoms with Crippen molar-refractivity contribution in [2.45, 2.75) is 19.9 Å². The van der Waals surface area contributed by atoms with Gasteiger partial charge < -0.3 is 10.5 Å². The van der Waals surface area contributed by atoms with Gasteiger partial charge >= 0.3 is 0 Å². The Morgan fingerprint density at radius 1 is 1.30 bits per heavy atom. The maximum Gasteiger partial charge on any atom is 0.0589 e. The first kappa shape index (κ1) is 17.7. The molecule has 0 bridgehead atoms. The Kier molecular flexibility index (Phi) is 7.85. The van der Waals surface area contributed by atoms with Gasteiger partial charge in [-0.3, -0.25) is 4.90 Å². The Labute approximate surface area is 132 Å². The van der Waals surface area contributed by atoms with Crippen LogP contribution in [-0.4, -0.2) is 38.3 Å². The Bertz CT molecular complexity index is 413. The number of rotatable bonds is 8. The number of methoxy groups -OCH3 is 1. The molecule has 0 radical (unpaired) electrons. The summed E-state index contributed by atoms with van der Waals surface area (Å²) in [5.74, 6) is 0.541. The van der Waals surface area contributed by atoms with Crippen molar-refractivity contribution in [1.29, 1.82) is 0 Å². The number of ether oxygens (including phenoxy) is 1. The zero-order chi connectivity index (χ0) is 15.1. The van der Waals surface area contributed by atoms with Gasteiger partial charge in [-0.2, -0.15) is 0 Å². The molecule has 0 aliphatic rings. The van der Waals surface area contributed by atoms with Gasteiger partial charge in [-0.25, -0.2) is 0 Å². The van der Waals surface area contributed by atoms with Gasteiger partial charge in [0.1, 0.15) is 0 Å². The Hall–Kier alpha value is -0.320. The topological polar surface area (TPSA) is 38.5 Å². The van der Waals surface area contributed by atoms with Gasteiger partial charge in [0.2, 0.25) is 0 Å². The number of nitrogens with two attached hydrogens (primary N) is 1. The number of benzene rings is 1. The van der Waals surface area contributed by atoms with Crippen LogP contribution in [0.1, 0.15) is 25.5 Å². The minimum Gasteiger partial charge on any atom is -0.383 e. The summed E-state index contributed by atoms with van der Waals surface area (Å²) in [5, 5.41) is 1.38. The smallest absolute Gasteiger partial charge is 0.0589 e. The summed E-state index contributed by atoms with van der Waals surface area (Å²) in [6.45, 7) is 7.30. The van der Waals surface area contributed by atoms with Crippen LogP contribution in [0.5, 0.6) is 0 Å². The number of hydrogen-bond acceptors (Lipinski definition) is 3. The van der Waals surface area contributed by atoms with Crippen LogP contribution in [-0.2, 0) is 4.74 Å². The maximum atomic E-state index is 6.31. The molecule has 1 aromatic rings. The molecule has 0 fully saturated rings. The molecule has 0 saturated carbocycles. The molecular formula is C15H24Cl2N2O. The molecule has 1 rings (SSSR count). The predicted octanol–water partition coefficient (Wildman–Crippen LogP) is 3.60. The highest BCUT2D eigenvalue weighted by molar-refractivity contribution is 6.33. The van der Waals surface area contributed by atoms with Crippen LogP contribution >= 0.6 is 23.2 Å². The molecule has 0 amide bonds. The molecule has 0 spiro atoms. The van der Waals surface area contributed by atoms with E-state index in [2.05, 4.69) is 18.7 Å². The van der Waals surface area contributed by atoms with E-state index in [1.165, 1.54) is 0 Å². The quantitative estimate of drug-likeness (QED) is 0.796.